The molecule has 0 atom stereocenters. The molecule has 122 valence electrons. The number of thiazole rings is 1. The summed E-state index contributed by atoms with van der Waals surface area (Å²) in [7, 11) is 0. The fourth-order valence-electron chi connectivity index (χ4n) is 2.31. The number of nitrogens with one attached hydrogen (secondary N) is 1. The number of aryl methyl sites for hydroxylation is 2. The van der Waals surface area contributed by atoms with Crippen molar-refractivity contribution < 1.29 is 9.47 Å². The van der Waals surface area contributed by atoms with Gasteiger partial charge >= 0.3 is 0 Å². The van der Waals surface area contributed by atoms with Gasteiger partial charge in [-0.25, -0.2) is 9.98 Å². The fraction of sp³-hybridized carbons (Fsp3) is 0.375. The van der Waals surface area contributed by atoms with Gasteiger partial charge in [-0.2, -0.15) is 0 Å². The van der Waals surface area contributed by atoms with Crippen molar-refractivity contribution in [1.29, 1.82) is 0 Å². The Morgan fingerprint density at radius 1 is 1.30 bits per heavy atom. The summed E-state index contributed by atoms with van der Waals surface area (Å²) < 4.78 is 11.3. The number of fused-ring (bicyclic) bond motifs is 1. The first-order valence-corrected chi connectivity index (χ1v) is 8.33. The molecule has 1 aliphatic rings. The van der Waals surface area contributed by atoms with E-state index in [1.165, 1.54) is 0 Å². The van der Waals surface area contributed by atoms with E-state index in [2.05, 4.69) is 15.3 Å². The summed E-state index contributed by atoms with van der Waals surface area (Å²) in [5.41, 5.74) is 7.81. The highest BCUT2D eigenvalue weighted by Gasteiger charge is 2.11. The molecule has 0 saturated heterocycles. The summed E-state index contributed by atoms with van der Waals surface area (Å²) >= 11 is 1.65. The zero-order chi connectivity index (χ0) is 16.2. The molecule has 0 aliphatic carbocycles. The molecule has 7 heteroatoms. The Bertz CT molecular complexity index is 727. The van der Waals surface area contributed by atoms with Gasteiger partial charge in [0.25, 0.3) is 0 Å². The zero-order valence-electron chi connectivity index (χ0n) is 13.3. The third kappa shape index (κ3) is 3.92. The first kappa shape index (κ1) is 15.6. The van der Waals surface area contributed by atoms with E-state index in [0.717, 1.165) is 39.2 Å². The van der Waals surface area contributed by atoms with Gasteiger partial charge in [-0.15, -0.1) is 11.3 Å². The average molecular weight is 332 g/mol. The maximum Gasteiger partial charge on any atom is 0.193 e. The topological polar surface area (TPSA) is 81.8 Å². The van der Waals surface area contributed by atoms with Crippen LogP contribution in [0, 0.1) is 13.8 Å². The summed E-state index contributed by atoms with van der Waals surface area (Å²) in [5.74, 6) is 1.86. The molecule has 23 heavy (non-hydrogen) atoms. The first-order valence-electron chi connectivity index (χ1n) is 7.51. The monoisotopic (exact) mass is 332 g/mol. The third-order valence-corrected chi connectivity index (χ3v) is 4.47. The molecule has 2 aromatic rings. The van der Waals surface area contributed by atoms with E-state index in [4.69, 9.17) is 15.2 Å². The summed E-state index contributed by atoms with van der Waals surface area (Å²) in [6.07, 6.45) is 0.884. The van der Waals surface area contributed by atoms with Crippen LogP contribution >= 0.6 is 11.3 Å². The quantitative estimate of drug-likeness (QED) is 0.667. The van der Waals surface area contributed by atoms with Gasteiger partial charge < -0.3 is 20.5 Å². The van der Waals surface area contributed by atoms with E-state index in [0.29, 0.717) is 25.7 Å². The highest BCUT2D eigenvalue weighted by Crippen LogP contribution is 2.32. The van der Waals surface area contributed by atoms with E-state index in [1.54, 1.807) is 11.3 Å². The molecule has 0 saturated carbocycles. The molecular formula is C16H20N4O2S. The average Bonchev–Trinajstić information content (AvgIpc) is 2.72. The van der Waals surface area contributed by atoms with Crippen LogP contribution in [-0.2, 0) is 6.54 Å². The van der Waals surface area contributed by atoms with Gasteiger partial charge in [-0.1, -0.05) is 0 Å². The Balaban J connectivity index is 1.67. The Labute approximate surface area is 139 Å². The van der Waals surface area contributed by atoms with Crippen molar-refractivity contribution in [2.24, 2.45) is 10.7 Å². The molecule has 0 fully saturated rings. The number of guanidine groups is 1. The second-order valence-electron chi connectivity index (χ2n) is 5.28. The Hall–Kier alpha value is -2.28. The largest absolute Gasteiger partial charge is 0.490 e. The van der Waals surface area contributed by atoms with E-state index >= 15 is 0 Å². The van der Waals surface area contributed by atoms with Gasteiger partial charge in [-0.05, 0) is 26.0 Å². The standard InChI is InChI=1S/C16H20N4O2S/c1-10-15(23-11(2)19-10)9-18-16(17)20-12-4-5-13-14(8-12)22-7-3-6-21-13/h4-5,8H,3,6-7,9H2,1-2H3,(H3,17,18,20). The molecule has 2 heterocycles. The second kappa shape index (κ2) is 6.87. The van der Waals surface area contributed by atoms with Crippen LogP contribution < -0.4 is 20.5 Å². The second-order valence-corrected chi connectivity index (χ2v) is 6.57. The Morgan fingerprint density at radius 3 is 2.83 bits per heavy atom. The van der Waals surface area contributed by atoms with Gasteiger partial charge in [0.1, 0.15) is 0 Å². The molecule has 1 aliphatic heterocycles. The Kier molecular flexibility index (Phi) is 4.66. The Morgan fingerprint density at radius 2 is 2.09 bits per heavy atom. The molecule has 3 rings (SSSR count). The van der Waals surface area contributed by atoms with Gasteiger partial charge in [0.15, 0.2) is 17.5 Å². The number of aromatic nitrogens is 1. The maximum atomic E-state index is 5.97. The number of hydrogen-bond acceptors (Lipinski definition) is 5. The number of rotatable bonds is 3. The van der Waals surface area contributed by atoms with Gasteiger partial charge in [0.05, 0.1) is 30.5 Å². The van der Waals surface area contributed by atoms with Gasteiger partial charge in [-0.3, -0.25) is 0 Å². The number of benzene rings is 1. The number of nitrogens with two attached hydrogens (primary N) is 1. The smallest absolute Gasteiger partial charge is 0.193 e. The van der Waals surface area contributed by atoms with Crippen molar-refractivity contribution >= 4 is 23.0 Å². The number of hydrogen-bond donors (Lipinski definition) is 2. The van der Waals surface area contributed by atoms with Crippen molar-refractivity contribution in [1.82, 2.24) is 4.98 Å². The van der Waals surface area contributed by atoms with Crippen LogP contribution in [0.2, 0.25) is 0 Å². The number of anilines is 1. The van der Waals surface area contributed by atoms with Gasteiger partial charge in [0.2, 0.25) is 0 Å². The lowest BCUT2D eigenvalue weighted by Gasteiger charge is -2.10. The van der Waals surface area contributed by atoms with Crippen LogP contribution in [0.3, 0.4) is 0 Å². The first-order chi connectivity index (χ1) is 11.1. The lowest BCUT2D eigenvalue weighted by atomic mass is 10.3. The molecule has 0 spiro atoms. The molecule has 0 radical (unpaired) electrons. The molecule has 3 N–H and O–H groups in total. The molecular weight excluding hydrogens is 312 g/mol. The molecule has 1 aromatic carbocycles. The number of nitrogens with zero attached hydrogens (tertiary/aromatic N) is 2. The van der Waals surface area contributed by atoms with Gasteiger partial charge in [0, 0.05) is 23.1 Å². The third-order valence-electron chi connectivity index (χ3n) is 3.41. The van der Waals surface area contributed by atoms with E-state index in [-0.39, 0.29) is 0 Å². The van der Waals surface area contributed by atoms with Crippen LogP contribution in [0.1, 0.15) is 22.0 Å². The summed E-state index contributed by atoms with van der Waals surface area (Å²) in [6, 6.07) is 5.66. The van der Waals surface area contributed by atoms with Crippen LogP contribution in [-0.4, -0.2) is 24.2 Å². The van der Waals surface area contributed by atoms with E-state index in [9.17, 15) is 0 Å². The minimum Gasteiger partial charge on any atom is -0.490 e. The molecule has 0 bridgehead atoms. The predicted octanol–water partition coefficient (Wildman–Crippen LogP) is 2.85. The van der Waals surface area contributed by atoms with Crippen LogP contribution in [0.5, 0.6) is 11.5 Å². The minimum absolute atomic E-state index is 0.366. The molecule has 1 aromatic heterocycles. The SMILES string of the molecule is Cc1nc(C)c(CN=C(N)Nc2ccc3c(c2)OCCCO3)s1. The predicted molar refractivity (Wildman–Crippen MR) is 92.6 cm³/mol. The van der Waals surface area contributed by atoms with Crippen molar-refractivity contribution in [3.05, 3.63) is 33.8 Å². The normalized spacial score (nSPS) is 14.4. The van der Waals surface area contributed by atoms with E-state index < -0.39 is 0 Å². The number of aliphatic imine (C=N–C) groups is 1. The molecule has 0 unspecified atom stereocenters. The highest BCUT2D eigenvalue weighted by atomic mass is 32.1. The van der Waals surface area contributed by atoms with Crippen LogP contribution in [0.4, 0.5) is 5.69 Å². The summed E-state index contributed by atoms with van der Waals surface area (Å²) in [6.45, 7) is 5.84. The molecule has 6 nitrogen and oxygen atoms in total. The minimum atomic E-state index is 0.366. The van der Waals surface area contributed by atoms with E-state index in [1.807, 2.05) is 32.0 Å². The van der Waals surface area contributed by atoms with Crippen LogP contribution in [0.15, 0.2) is 23.2 Å². The van der Waals surface area contributed by atoms with Crippen molar-refractivity contribution in [3.63, 3.8) is 0 Å². The zero-order valence-corrected chi connectivity index (χ0v) is 14.1. The van der Waals surface area contributed by atoms with Crippen LogP contribution in [0.25, 0.3) is 0 Å². The fourth-order valence-corrected chi connectivity index (χ4v) is 3.17. The highest BCUT2D eigenvalue weighted by molar-refractivity contribution is 7.11. The van der Waals surface area contributed by atoms with Crippen molar-refractivity contribution in [3.8, 4) is 11.5 Å². The summed E-state index contributed by atoms with van der Waals surface area (Å²) in [5, 5.41) is 4.13. The molecule has 0 amide bonds. The maximum absolute atomic E-state index is 5.97. The van der Waals surface area contributed by atoms with Crippen molar-refractivity contribution in [2.75, 3.05) is 18.5 Å². The lowest BCUT2D eigenvalue weighted by Crippen LogP contribution is -2.22. The summed E-state index contributed by atoms with van der Waals surface area (Å²) in [4.78, 5) is 9.89. The number of ether oxygens (including phenoxy) is 2. The lowest BCUT2D eigenvalue weighted by molar-refractivity contribution is 0.297. The van der Waals surface area contributed by atoms with Crippen molar-refractivity contribution in [2.45, 2.75) is 26.8 Å².